The number of esters is 2. The molecule has 0 radical (unpaired) electrons. The Balaban J connectivity index is 1.20. The largest absolute Gasteiger partial charge is 0.490 e. The molecule has 26 nitrogen and oxygen atoms in total. The normalized spacial score (nSPS) is 17.7. The third-order valence-corrected chi connectivity index (χ3v) is 19.0. The van der Waals surface area contributed by atoms with Gasteiger partial charge < -0.3 is 69.9 Å². The fraction of sp³-hybridized carbons (Fsp3) is 0.467. The highest BCUT2D eigenvalue weighted by Gasteiger charge is 2.45. The molecule has 428 valence electrons. The summed E-state index contributed by atoms with van der Waals surface area (Å²) in [5, 5.41) is 5.52. The molecule has 7 atom stereocenters. The highest BCUT2D eigenvalue weighted by atomic mass is 33.1. The molecule has 0 spiro atoms. The molecular weight excluding hydrogens is 1160 g/mol. The van der Waals surface area contributed by atoms with E-state index in [9.17, 15) is 42.7 Å². The average Bonchev–Trinajstić information content (AvgIpc) is 3.96. The number of benzene rings is 2. The molecule has 0 saturated carbocycles. The first-order valence-electron chi connectivity index (χ1n) is 23.5. The van der Waals surface area contributed by atoms with Gasteiger partial charge in [0, 0.05) is 41.8 Å². The van der Waals surface area contributed by atoms with Crippen molar-refractivity contribution in [3.8, 4) is 11.8 Å². The van der Waals surface area contributed by atoms with Gasteiger partial charge in [-0.3, -0.25) is 14.1 Å². The van der Waals surface area contributed by atoms with E-state index in [0.29, 0.717) is 65.9 Å². The number of nitrogen functional groups attached to an aromatic ring is 1. The summed E-state index contributed by atoms with van der Waals surface area (Å²) in [5.41, 5.74) is 14.6. The van der Waals surface area contributed by atoms with Crippen molar-refractivity contribution in [2.24, 2.45) is 5.73 Å². The molecule has 4 aromatic rings. The summed E-state index contributed by atoms with van der Waals surface area (Å²) >= 11 is 0. The van der Waals surface area contributed by atoms with Crippen LogP contribution in [-0.4, -0.2) is 135 Å². The van der Waals surface area contributed by atoms with Crippen LogP contribution in [0, 0.1) is 11.8 Å². The maximum atomic E-state index is 13.8. The van der Waals surface area contributed by atoms with Gasteiger partial charge in [-0.15, -0.1) is 0 Å². The van der Waals surface area contributed by atoms with E-state index in [1.807, 2.05) is 26.4 Å². The van der Waals surface area contributed by atoms with Crippen LogP contribution in [0.25, 0.3) is 11.0 Å². The highest BCUT2D eigenvalue weighted by Crippen LogP contribution is 2.66. The van der Waals surface area contributed by atoms with Gasteiger partial charge in [-0.05, 0) is 74.6 Å². The molecular formula is C45H60N7O19P3S4. The quantitative estimate of drug-likeness (QED) is 0.00883. The molecule has 78 heavy (non-hydrogen) atoms. The summed E-state index contributed by atoms with van der Waals surface area (Å²) in [6.07, 6.45) is 3.53. The zero-order valence-corrected chi connectivity index (χ0v) is 48.4. The van der Waals surface area contributed by atoms with Gasteiger partial charge in [-0.25, -0.2) is 33.3 Å². The predicted octanol–water partition coefficient (Wildman–Crippen LogP) is 6.44. The molecule has 33 heteroatoms. The van der Waals surface area contributed by atoms with Gasteiger partial charge in [0.25, 0.3) is 0 Å². The van der Waals surface area contributed by atoms with E-state index in [1.54, 1.807) is 42.5 Å². The molecule has 1 aliphatic heterocycles. The Morgan fingerprint density at radius 2 is 1.58 bits per heavy atom. The van der Waals surface area contributed by atoms with E-state index in [0.717, 1.165) is 0 Å². The van der Waals surface area contributed by atoms with Crippen molar-refractivity contribution >= 4 is 113 Å². The molecule has 0 bridgehead atoms. The van der Waals surface area contributed by atoms with Gasteiger partial charge in [-0.2, -0.15) is 8.62 Å². The smallest absolute Gasteiger partial charge is 0.462 e. The zero-order chi connectivity index (χ0) is 57.0. The van der Waals surface area contributed by atoms with Gasteiger partial charge in [0.2, 0.25) is 11.8 Å². The summed E-state index contributed by atoms with van der Waals surface area (Å²) in [5.74, 6) is 3.83. The molecule has 1 fully saturated rings. The van der Waals surface area contributed by atoms with Crippen molar-refractivity contribution in [1.29, 1.82) is 0 Å². The molecule has 3 heterocycles. The van der Waals surface area contributed by atoms with E-state index in [4.69, 9.17) is 49.5 Å². The molecule has 1 saturated heterocycles. The number of carbonyl (C=O) groups excluding carboxylic acids is 4. The van der Waals surface area contributed by atoms with Crippen molar-refractivity contribution in [3.05, 3.63) is 82.8 Å². The van der Waals surface area contributed by atoms with Crippen LogP contribution in [0.2, 0.25) is 0 Å². The fourth-order valence-corrected chi connectivity index (χ4v) is 14.1. The van der Waals surface area contributed by atoms with Crippen molar-refractivity contribution in [1.82, 2.24) is 19.9 Å². The highest BCUT2D eigenvalue weighted by molar-refractivity contribution is 8.76. The van der Waals surface area contributed by atoms with Gasteiger partial charge in [0.15, 0.2) is 0 Å². The number of nitrogens with two attached hydrogens (primary N) is 2. The van der Waals surface area contributed by atoms with E-state index < -0.39 is 60.4 Å². The minimum Gasteiger partial charge on any atom is -0.462 e. The number of amides is 2. The summed E-state index contributed by atoms with van der Waals surface area (Å²) < 4.78 is 78.4. The molecule has 2 aromatic carbocycles. The lowest BCUT2D eigenvalue weighted by Crippen LogP contribution is -2.31. The van der Waals surface area contributed by atoms with Crippen LogP contribution in [0.1, 0.15) is 93.7 Å². The number of phosphoric acid groups is 3. The van der Waals surface area contributed by atoms with Crippen LogP contribution in [0.15, 0.2) is 55.0 Å². The number of aromatic nitrogens is 3. The average molecular weight is 1220 g/mol. The first-order valence-corrected chi connectivity index (χ1v) is 33.3. The number of anilines is 2. The third kappa shape index (κ3) is 20.5. The number of rotatable bonds is 31. The second-order valence-corrected chi connectivity index (χ2v) is 26.5. The molecule has 1 aliphatic rings. The number of nitrogens with zero attached hydrogens (tertiary/aromatic N) is 3. The minimum absolute atomic E-state index is 0.0281. The van der Waals surface area contributed by atoms with E-state index in [2.05, 4.69) is 41.1 Å². The molecule has 2 amide bonds. The molecule has 5 rings (SSSR count). The number of hydrogen-bond donors (Lipinski definition) is 8. The Labute approximate surface area is 464 Å². The number of fused-ring (bicyclic) bond motifs is 1. The number of unbranched alkanes of at least 4 members (excludes halogenated alkanes) is 1. The number of carbonyl (C=O) groups is 4. The second-order valence-electron chi connectivity index (χ2n) is 16.5. The van der Waals surface area contributed by atoms with Crippen molar-refractivity contribution in [2.45, 2.75) is 68.5 Å². The monoisotopic (exact) mass is 1220 g/mol. The fourth-order valence-electron chi connectivity index (χ4n) is 7.50. The van der Waals surface area contributed by atoms with E-state index >= 15 is 0 Å². The Bertz CT molecular complexity index is 2930. The molecule has 10 N–H and O–H groups in total. The summed E-state index contributed by atoms with van der Waals surface area (Å²) in [6, 6.07) is 11.7. The standard InChI is InChI=1S/C45H60N7O19P3S4/c1-28(77-75-3)32-11-5-6-12-33(32)45(56)69-36-23-40(68-37(36)25-67-73(60,61)71-74(62,63)70-72(57,58)59)52-24-30(41-42(47)49-27-50-43(41)52)10-9-17-48-38(53)13-7-8-18-66-44(55)34-15-14-31(22-35(34)29(2)78-76-4)51-39(54)26-65-21-20-64-19-16-46/h5-6,11-12,14-15,22,24,27-29,36-37,40H,7-8,13,16-21,23,25-26,46H2,1-4H3,(H,48,53)(H,51,54)(H,60,61)(H,62,63)(H2,47,49,50)(H2,57,58,59)/t28?,29?,36?,37-,40-/m1/s1. The van der Waals surface area contributed by atoms with Crippen LogP contribution < -0.4 is 22.1 Å². The van der Waals surface area contributed by atoms with Crippen molar-refractivity contribution < 1.29 is 89.3 Å². The maximum Gasteiger partial charge on any atom is 0.490 e. The maximum absolute atomic E-state index is 13.8. The topological polar surface area (TPSA) is 381 Å². The van der Waals surface area contributed by atoms with Crippen LogP contribution in [0.5, 0.6) is 0 Å². The van der Waals surface area contributed by atoms with E-state index in [-0.39, 0.29) is 78.5 Å². The van der Waals surface area contributed by atoms with Crippen LogP contribution >= 0.6 is 66.6 Å². The number of nitrogens with one attached hydrogen (secondary N) is 2. The van der Waals surface area contributed by atoms with Gasteiger partial charge >= 0.3 is 35.4 Å². The Hall–Kier alpha value is -4.05. The van der Waals surface area contributed by atoms with Crippen LogP contribution in [-0.2, 0) is 60.1 Å². The van der Waals surface area contributed by atoms with Crippen molar-refractivity contribution in [2.75, 3.05) is 76.3 Å². The zero-order valence-electron chi connectivity index (χ0n) is 42.5. The number of ether oxygens (including phenoxy) is 5. The molecule has 5 unspecified atom stereocenters. The number of hydrogen-bond acceptors (Lipinski definition) is 23. The number of phosphoric ester groups is 1. The molecule has 2 aromatic heterocycles. The molecule has 0 aliphatic carbocycles. The van der Waals surface area contributed by atoms with E-state index in [1.165, 1.54) is 60.3 Å². The predicted molar refractivity (Wildman–Crippen MR) is 295 cm³/mol. The first kappa shape index (κ1) is 64.8. The summed E-state index contributed by atoms with van der Waals surface area (Å²) in [6.45, 7) is 3.99. The van der Waals surface area contributed by atoms with Crippen LogP contribution in [0.4, 0.5) is 11.5 Å². The SMILES string of the molecule is CSSC(C)c1cc(NC(=O)COCCOCCN)ccc1C(=O)OCCCCC(=O)NCC#Cc1cn([C@H]2CC(OC(=O)c3ccccc3C(C)SSC)[C@@H](COP(=O)(O)OP(=O)(O)OP(=O)(O)O)O2)c2ncnc(N)c12. The Kier molecular flexibility index (Phi) is 25.9. The minimum atomic E-state index is -5.86. The Morgan fingerprint density at radius 3 is 2.29 bits per heavy atom. The summed E-state index contributed by atoms with van der Waals surface area (Å²) in [7, 11) is -11.1. The lowest BCUT2D eigenvalue weighted by atomic mass is 10.0. The Morgan fingerprint density at radius 1 is 0.872 bits per heavy atom. The lowest BCUT2D eigenvalue weighted by molar-refractivity contribution is -0.121. The first-order chi connectivity index (χ1) is 37.0. The summed E-state index contributed by atoms with van der Waals surface area (Å²) in [4.78, 5) is 98.7. The third-order valence-electron chi connectivity index (χ3n) is 10.8. The van der Waals surface area contributed by atoms with Gasteiger partial charge in [0.1, 0.15) is 42.8 Å². The van der Waals surface area contributed by atoms with Crippen molar-refractivity contribution in [3.63, 3.8) is 0 Å². The second kappa shape index (κ2) is 31.2. The van der Waals surface area contributed by atoms with Crippen LogP contribution in [0.3, 0.4) is 0 Å². The van der Waals surface area contributed by atoms with Gasteiger partial charge in [0.05, 0.1) is 61.7 Å². The lowest BCUT2D eigenvalue weighted by Gasteiger charge is -2.22. The van der Waals surface area contributed by atoms with Gasteiger partial charge in [-0.1, -0.05) is 73.2 Å².